The minimum atomic E-state index is 0.203. The molecule has 100 valence electrons. The molecule has 0 heterocycles. The zero-order valence-electron chi connectivity index (χ0n) is 11.5. The van der Waals surface area contributed by atoms with Gasteiger partial charge in [0.15, 0.2) is 0 Å². The number of ether oxygens (including phenoxy) is 1. The van der Waals surface area contributed by atoms with Crippen molar-refractivity contribution in [1.29, 1.82) is 0 Å². The van der Waals surface area contributed by atoms with Gasteiger partial charge in [0.05, 0.1) is 6.61 Å². The third-order valence-corrected chi connectivity index (χ3v) is 3.17. The van der Waals surface area contributed by atoms with Crippen LogP contribution >= 0.6 is 11.6 Å². The number of hydrogen-bond donors (Lipinski definition) is 0. The molecule has 0 aliphatic heterocycles. The summed E-state index contributed by atoms with van der Waals surface area (Å²) in [6, 6.07) is 3.95. The molecule has 1 aromatic carbocycles. The van der Waals surface area contributed by atoms with Crippen molar-refractivity contribution in [3.8, 4) is 5.75 Å². The summed E-state index contributed by atoms with van der Waals surface area (Å²) in [6.45, 7) is 8.37. The smallest absolute Gasteiger partial charge is 0.129 e. The Labute approximate surface area is 114 Å². The van der Waals surface area contributed by atoms with E-state index in [0.29, 0.717) is 18.9 Å². The number of hydrogen-bond acceptors (Lipinski definition) is 2. The van der Waals surface area contributed by atoms with E-state index in [0.717, 1.165) is 28.3 Å². The molecule has 0 radical (unpaired) electrons. The Bertz CT molecular complexity index is 425. The summed E-state index contributed by atoms with van der Waals surface area (Å²) >= 11 is 6.20. The van der Waals surface area contributed by atoms with Crippen LogP contribution in [-0.2, 0) is 4.79 Å². The second kappa shape index (κ2) is 6.79. The molecule has 18 heavy (non-hydrogen) atoms. The minimum Gasteiger partial charge on any atom is -0.493 e. The van der Waals surface area contributed by atoms with Crippen molar-refractivity contribution in [1.82, 2.24) is 0 Å². The highest BCUT2D eigenvalue weighted by Crippen LogP contribution is 2.31. The second-order valence-electron chi connectivity index (χ2n) is 4.95. The SMILES string of the molecule is CC(=O)CCCOc1cc(C(C)C)c(Cl)cc1C. The van der Waals surface area contributed by atoms with Crippen molar-refractivity contribution in [2.45, 2.75) is 46.5 Å². The van der Waals surface area contributed by atoms with Crippen molar-refractivity contribution < 1.29 is 9.53 Å². The molecule has 0 aromatic heterocycles. The quantitative estimate of drug-likeness (QED) is 0.709. The molecular weight excluding hydrogens is 248 g/mol. The van der Waals surface area contributed by atoms with E-state index in [1.807, 2.05) is 19.1 Å². The Balaban J connectivity index is 2.70. The van der Waals surface area contributed by atoms with E-state index in [1.165, 1.54) is 0 Å². The first-order chi connectivity index (χ1) is 8.41. The second-order valence-corrected chi connectivity index (χ2v) is 5.36. The normalized spacial score (nSPS) is 10.8. The van der Waals surface area contributed by atoms with Crippen LogP contribution in [0.3, 0.4) is 0 Å². The van der Waals surface area contributed by atoms with Crippen LogP contribution in [0.15, 0.2) is 12.1 Å². The van der Waals surface area contributed by atoms with E-state index in [2.05, 4.69) is 13.8 Å². The predicted molar refractivity (Wildman–Crippen MR) is 75.7 cm³/mol. The fraction of sp³-hybridized carbons (Fsp3) is 0.533. The largest absolute Gasteiger partial charge is 0.493 e. The van der Waals surface area contributed by atoms with Crippen LogP contribution < -0.4 is 4.74 Å². The van der Waals surface area contributed by atoms with Crippen LogP contribution in [0, 0.1) is 6.92 Å². The summed E-state index contributed by atoms with van der Waals surface area (Å²) in [5, 5.41) is 0.790. The van der Waals surface area contributed by atoms with E-state index < -0.39 is 0 Å². The Kier molecular flexibility index (Phi) is 5.67. The number of carbonyl (C=O) groups excluding carboxylic acids is 1. The van der Waals surface area contributed by atoms with Crippen LogP contribution in [0.1, 0.15) is 50.7 Å². The highest BCUT2D eigenvalue weighted by atomic mass is 35.5. The number of rotatable bonds is 6. The van der Waals surface area contributed by atoms with Gasteiger partial charge in [-0.3, -0.25) is 0 Å². The lowest BCUT2D eigenvalue weighted by atomic mass is 10.0. The first kappa shape index (κ1) is 15.0. The van der Waals surface area contributed by atoms with Crippen LogP contribution in [0.4, 0.5) is 0 Å². The maximum Gasteiger partial charge on any atom is 0.129 e. The fourth-order valence-electron chi connectivity index (χ4n) is 1.77. The van der Waals surface area contributed by atoms with Gasteiger partial charge in [-0.25, -0.2) is 0 Å². The average Bonchev–Trinajstić information content (AvgIpc) is 2.25. The Morgan fingerprint density at radius 3 is 2.61 bits per heavy atom. The third kappa shape index (κ3) is 4.34. The van der Waals surface area contributed by atoms with Gasteiger partial charge in [-0.1, -0.05) is 25.4 Å². The first-order valence-corrected chi connectivity index (χ1v) is 6.72. The number of halogens is 1. The van der Waals surface area contributed by atoms with Gasteiger partial charge >= 0.3 is 0 Å². The van der Waals surface area contributed by atoms with Gasteiger partial charge < -0.3 is 9.53 Å². The molecule has 0 spiro atoms. The van der Waals surface area contributed by atoms with Gasteiger partial charge in [0.2, 0.25) is 0 Å². The average molecular weight is 269 g/mol. The topological polar surface area (TPSA) is 26.3 Å². The molecule has 0 fully saturated rings. The van der Waals surface area contributed by atoms with Crippen LogP contribution in [0.2, 0.25) is 5.02 Å². The van der Waals surface area contributed by atoms with Crippen molar-refractivity contribution >= 4 is 17.4 Å². The molecule has 0 amide bonds. The molecule has 0 aliphatic rings. The van der Waals surface area contributed by atoms with E-state index in [4.69, 9.17) is 16.3 Å². The molecule has 0 aliphatic carbocycles. The predicted octanol–water partition coefficient (Wildman–Crippen LogP) is 4.52. The fourth-order valence-corrected chi connectivity index (χ4v) is 2.21. The lowest BCUT2D eigenvalue weighted by molar-refractivity contribution is -0.117. The van der Waals surface area contributed by atoms with E-state index in [1.54, 1.807) is 6.92 Å². The van der Waals surface area contributed by atoms with Gasteiger partial charge in [0, 0.05) is 11.4 Å². The molecular formula is C15H21ClO2. The van der Waals surface area contributed by atoms with E-state index in [9.17, 15) is 4.79 Å². The lowest BCUT2D eigenvalue weighted by Gasteiger charge is -2.14. The van der Waals surface area contributed by atoms with E-state index >= 15 is 0 Å². The maximum absolute atomic E-state index is 10.8. The standard InChI is InChI=1S/C15H21ClO2/c1-10(2)13-9-15(11(3)8-14(13)16)18-7-5-6-12(4)17/h8-10H,5-7H2,1-4H3. The monoisotopic (exact) mass is 268 g/mol. The molecule has 3 heteroatoms. The first-order valence-electron chi connectivity index (χ1n) is 6.34. The molecule has 1 aromatic rings. The Hall–Kier alpha value is -1.02. The molecule has 0 saturated carbocycles. The zero-order valence-corrected chi connectivity index (χ0v) is 12.3. The van der Waals surface area contributed by atoms with Crippen LogP contribution in [0.25, 0.3) is 0 Å². The van der Waals surface area contributed by atoms with Gasteiger partial charge in [-0.05, 0) is 49.4 Å². The zero-order chi connectivity index (χ0) is 13.7. The van der Waals surface area contributed by atoms with Gasteiger partial charge in [-0.2, -0.15) is 0 Å². The summed E-state index contributed by atoms with van der Waals surface area (Å²) in [6.07, 6.45) is 1.33. The van der Waals surface area contributed by atoms with Gasteiger partial charge in [0.25, 0.3) is 0 Å². The van der Waals surface area contributed by atoms with Crippen LogP contribution in [-0.4, -0.2) is 12.4 Å². The summed E-state index contributed by atoms with van der Waals surface area (Å²) in [4.78, 5) is 10.8. The molecule has 0 bridgehead atoms. The molecule has 0 atom stereocenters. The minimum absolute atomic E-state index is 0.203. The molecule has 0 saturated heterocycles. The number of ketones is 1. The lowest BCUT2D eigenvalue weighted by Crippen LogP contribution is -2.02. The summed E-state index contributed by atoms with van der Waals surface area (Å²) in [7, 11) is 0. The number of carbonyl (C=O) groups is 1. The molecule has 0 unspecified atom stereocenters. The number of Topliss-reactive ketones (excluding diaryl/α,β-unsaturated/α-hetero) is 1. The van der Waals surface area contributed by atoms with Gasteiger partial charge in [-0.15, -0.1) is 0 Å². The Morgan fingerprint density at radius 2 is 2.06 bits per heavy atom. The highest BCUT2D eigenvalue weighted by Gasteiger charge is 2.10. The van der Waals surface area contributed by atoms with Gasteiger partial charge in [0.1, 0.15) is 11.5 Å². The molecule has 0 N–H and O–H groups in total. The molecule has 1 rings (SSSR count). The summed E-state index contributed by atoms with van der Waals surface area (Å²) < 4.78 is 5.72. The Morgan fingerprint density at radius 1 is 1.39 bits per heavy atom. The summed E-state index contributed by atoms with van der Waals surface area (Å²) in [5.74, 6) is 1.44. The van der Waals surface area contributed by atoms with E-state index in [-0.39, 0.29) is 5.78 Å². The summed E-state index contributed by atoms with van der Waals surface area (Å²) in [5.41, 5.74) is 2.14. The van der Waals surface area contributed by atoms with Crippen LogP contribution in [0.5, 0.6) is 5.75 Å². The number of benzene rings is 1. The van der Waals surface area contributed by atoms with Crippen molar-refractivity contribution in [3.05, 3.63) is 28.3 Å². The van der Waals surface area contributed by atoms with Crippen molar-refractivity contribution in [3.63, 3.8) is 0 Å². The highest BCUT2D eigenvalue weighted by molar-refractivity contribution is 6.31. The van der Waals surface area contributed by atoms with Crippen molar-refractivity contribution in [2.24, 2.45) is 0 Å². The maximum atomic E-state index is 10.8. The van der Waals surface area contributed by atoms with Crippen molar-refractivity contribution in [2.75, 3.05) is 6.61 Å². The number of aryl methyl sites for hydroxylation is 1. The molecule has 2 nitrogen and oxygen atoms in total. The third-order valence-electron chi connectivity index (χ3n) is 2.85.